The fourth-order valence-electron chi connectivity index (χ4n) is 2.22. The van der Waals surface area contributed by atoms with Crippen LogP contribution in [0.15, 0.2) is 22.7 Å². The van der Waals surface area contributed by atoms with E-state index in [0.29, 0.717) is 24.0 Å². The molecule has 1 aliphatic rings. The molecule has 2 unspecified atom stereocenters. The molecule has 0 radical (unpaired) electrons. The summed E-state index contributed by atoms with van der Waals surface area (Å²) < 4.78 is 24.0. The third-order valence-corrected chi connectivity index (χ3v) is 3.44. The molecule has 7 heteroatoms. The van der Waals surface area contributed by atoms with Gasteiger partial charge in [0.25, 0.3) is 5.89 Å². The molecule has 2 heterocycles. The van der Waals surface area contributed by atoms with Crippen LogP contribution in [-0.2, 0) is 9.53 Å². The summed E-state index contributed by atoms with van der Waals surface area (Å²) in [7, 11) is 0. The van der Waals surface area contributed by atoms with Crippen LogP contribution in [0.2, 0.25) is 0 Å². The van der Waals surface area contributed by atoms with Crippen molar-refractivity contribution in [3.8, 4) is 11.4 Å². The Bertz CT molecular complexity index is 685. The van der Waals surface area contributed by atoms with E-state index in [1.54, 1.807) is 19.1 Å². The van der Waals surface area contributed by atoms with Gasteiger partial charge < -0.3 is 14.4 Å². The highest BCUT2D eigenvalue weighted by Crippen LogP contribution is 2.32. The number of ether oxygens (including phenoxy) is 1. The number of carbonyl (C=O) groups is 1. The zero-order chi connectivity index (χ0) is 15.0. The smallest absolute Gasteiger partial charge is 0.332 e. The Balaban J connectivity index is 1.80. The van der Waals surface area contributed by atoms with Crippen LogP contribution in [0.25, 0.3) is 11.4 Å². The lowest BCUT2D eigenvalue weighted by Gasteiger charge is -2.05. The van der Waals surface area contributed by atoms with Crippen molar-refractivity contribution in [2.75, 3.05) is 0 Å². The first-order valence-corrected chi connectivity index (χ1v) is 6.53. The molecule has 0 aliphatic carbocycles. The van der Waals surface area contributed by atoms with Crippen LogP contribution in [0.3, 0.4) is 0 Å². The van der Waals surface area contributed by atoms with E-state index in [2.05, 4.69) is 10.1 Å². The molecule has 0 saturated carbocycles. The lowest BCUT2D eigenvalue weighted by atomic mass is 10.1. The number of aryl methyl sites for hydroxylation is 1. The van der Waals surface area contributed by atoms with Crippen molar-refractivity contribution in [1.82, 2.24) is 10.1 Å². The van der Waals surface area contributed by atoms with Crippen molar-refractivity contribution in [3.05, 3.63) is 35.5 Å². The topological polar surface area (TPSA) is 85.5 Å². The van der Waals surface area contributed by atoms with Crippen LogP contribution in [0.1, 0.15) is 30.4 Å². The number of benzene rings is 1. The molecule has 2 aromatic rings. The molecule has 1 aromatic heterocycles. The Morgan fingerprint density at radius 2 is 2.24 bits per heavy atom. The molecule has 1 fully saturated rings. The maximum Gasteiger partial charge on any atom is 0.332 e. The molecule has 6 nitrogen and oxygen atoms in total. The van der Waals surface area contributed by atoms with Gasteiger partial charge in [0.15, 0.2) is 6.10 Å². The average Bonchev–Trinajstić information content (AvgIpc) is 3.09. The zero-order valence-corrected chi connectivity index (χ0v) is 11.2. The monoisotopic (exact) mass is 292 g/mol. The molecule has 0 spiro atoms. The number of nitrogens with zero attached hydrogens (tertiary/aromatic N) is 2. The lowest BCUT2D eigenvalue weighted by molar-refractivity contribution is -0.150. The van der Waals surface area contributed by atoms with E-state index >= 15 is 0 Å². The number of hydrogen-bond acceptors (Lipinski definition) is 5. The summed E-state index contributed by atoms with van der Waals surface area (Å²) in [5.41, 5.74) is 1.03. The number of rotatable bonds is 3. The van der Waals surface area contributed by atoms with Crippen LogP contribution in [0.4, 0.5) is 4.39 Å². The van der Waals surface area contributed by atoms with Crippen LogP contribution >= 0.6 is 0 Å². The molecule has 2 atom stereocenters. The fraction of sp³-hybridized carbons (Fsp3) is 0.357. The van der Waals surface area contributed by atoms with Crippen molar-refractivity contribution >= 4 is 5.97 Å². The van der Waals surface area contributed by atoms with E-state index in [1.807, 2.05) is 0 Å². The van der Waals surface area contributed by atoms with Crippen molar-refractivity contribution in [2.45, 2.75) is 32.0 Å². The van der Waals surface area contributed by atoms with E-state index in [1.165, 1.54) is 6.07 Å². The highest BCUT2D eigenvalue weighted by molar-refractivity contribution is 5.72. The largest absolute Gasteiger partial charge is 0.479 e. The van der Waals surface area contributed by atoms with Gasteiger partial charge in [-0.25, -0.2) is 9.18 Å². The minimum atomic E-state index is -1.00. The normalized spacial score (nSPS) is 21.6. The Kier molecular flexibility index (Phi) is 3.42. The molecule has 21 heavy (non-hydrogen) atoms. The van der Waals surface area contributed by atoms with E-state index in [4.69, 9.17) is 14.4 Å². The number of carboxylic acids is 1. The van der Waals surface area contributed by atoms with Crippen LogP contribution in [-0.4, -0.2) is 27.3 Å². The summed E-state index contributed by atoms with van der Waals surface area (Å²) in [6, 6.07) is 4.66. The Morgan fingerprint density at radius 3 is 2.90 bits per heavy atom. The highest BCUT2D eigenvalue weighted by Gasteiger charge is 2.34. The number of aliphatic carboxylic acids is 1. The van der Waals surface area contributed by atoms with Gasteiger partial charge >= 0.3 is 5.97 Å². The van der Waals surface area contributed by atoms with Gasteiger partial charge in [-0.1, -0.05) is 17.3 Å². The Labute approximate surface area is 119 Å². The highest BCUT2D eigenvalue weighted by atomic mass is 19.1. The second-order valence-corrected chi connectivity index (χ2v) is 4.95. The molecule has 0 amide bonds. The molecule has 110 valence electrons. The summed E-state index contributed by atoms with van der Waals surface area (Å²) in [6.07, 6.45) is -0.470. The molecule has 3 rings (SSSR count). The standard InChI is InChI=1S/C14H13FN2O4/c1-7-2-3-8(6-9(7)15)12-16-13(21-17-12)10-4-5-11(20-10)14(18)19/h2-3,6,10-11H,4-5H2,1H3,(H,18,19). The van der Waals surface area contributed by atoms with Crippen LogP contribution in [0.5, 0.6) is 0 Å². The number of hydrogen-bond donors (Lipinski definition) is 1. The fourth-order valence-corrected chi connectivity index (χ4v) is 2.22. The van der Waals surface area contributed by atoms with Gasteiger partial charge in [0.2, 0.25) is 5.82 Å². The Hall–Kier alpha value is -2.28. The quantitative estimate of drug-likeness (QED) is 0.935. The second-order valence-electron chi connectivity index (χ2n) is 4.95. The van der Waals surface area contributed by atoms with E-state index < -0.39 is 18.2 Å². The predicted molar refractivity (Wildman–Crippen MR) is 68.9 cm³/mol. The minimum absolute atomic E-state index is 0.217. The van der Waals surface area contributed by atoms with Crippen molar-refractivity contribution in [2.24, 2.45) is 0 Å². The first-order chi connectivity index (χ1) is 10.0. The summed E-state index contributed by atoms with van der Waals surface area (Å²) in [5, 5.41) is 12.7. The number of carboxylic acid groups (broad SMARTS) is 1. The van der Waals surface area contributed by atoms with Crippen molar-refractivity contribution in [1.29, 1.82) is 0 Å². The summed E-state index contributed by atoms with van der Waals surface area (Å²) in [4.78, 5) is 15.0. The van der Waals surface area contributed by atoms with Gasteiger partial charge in [0.05, 0.1) is 0 Å². The van der Waals surface area contributed by atoms with Gasteiger partial charge in [-0.05, 0) is 31.4 Å². The van der Waals surface area contributed by atoms with E-state index in [0.717, 1.165) is 0 Å². The third-order valence-electron chi connectivity index (χ3n) is 3.44. The number of aromatic nitrogens is 2. The SMILES string of the molecule is Cc1ccc(-c2noc(C3CCC(C(=O)O)O3)n2)cc1F. The average molecular weight is 292 g/mol. The van der Waals surface area contributed by atoms with Gasteiger partial charge in [-0.2, -0.15) is 4.98 Å². The molecule has 1 aliphatic heterocycles. The Morgan fingerprint density at radius 1 is 1.43 bits per heavy atom. The molecular formula is C14H13FN2O4. The van der Waals surface area contributed by atoms with Gasteiger partial charge in [-0.15, -0.1) is 0 Å². The minimum Gasteiger partial charge on any atom is -0.479 e. The van der Waals surface area contributed by atoms with Gasteiger partial charge in [0, 0.05) is 5.56 Å². The first kappa shape index (κ1) is 13.7. The summed E-state index contributed by atoms with van der Waals surface area (Å²) in [5.74, 6) is -0.874. The third kappa shape index (κ3) is 2.64. The van der Waals surface area contributed by atoms with Gasteiger partial charge in [0.1, 0.15) is 11.9 Å². The van der Waals surface area contributed by atoms with Crippen molar-refractivity contribution < 1.29 is 23.6 Å². The van der Waals surface area contributed by atoms with E-state index in [-0.39, 0.29) is 17.5 Å². The molecule has 1 saturated heterocycles. The predicted octanol–water partition coefficient (Wildman–Crippen LogP) is 2.49. The van der Waals surface area contributed by atoms with Crippen LogP contribution < -0.4 is 0 Å². The van der Waals surface area contributed by atoms with Crippen LogP contribution in [0, 0.1) is 12.7 Å². The summed E-state index contributed by atoms with van der Waals surface area (Å²) in [6.45, 7) is 1.67. The maximum atomic E-state index is 13.5. The first-order valence-electron chi connectivity index (χ1n) is 6.53. The number of halogens is 1. The van der Waals surface area contributed by atoms with E-state index in [9.17, 15) is 9.18 Å². The molecular weight excluding hydrogens is 279 g/mol. The maximum absolute atomic E-state index is 13.5. The van der Waals surface area contributed by atoms with Gasteiger partial charge in [-0.3, -0.25) is 0 Å². The van der Waals surface area contributed by atoms with Crippen molar-refractivity contribution in [3.63, 3.8) is 0 Å². The summed E-state index contributed by atoms with van der Waals surface area (Å²) >= 11 is 0. The second kappa shape index (κ2) is 5.25. The molecule has 1 aromatic carbocycles. The molecule has 0 bridgehead atoms. The lowest BCUT2D eigenvalue weighted by Crippen LogP contribution is -2.18. The zero-order valence-electron chi connectivity index (χ0n) is 11.2. The molecule has 1 N–H and O–H groups in total.